The van der Waals surface area contributed by atoms with E-state index in [1.54, 1.807) is 0 Å². The Labute approximate surface area is 188 Å². The highest BCUT2D eigenvalue weighted by Crippen LogP contribution is 2.17. The third-order valence-electron chi connectivity index (χ3n) is 5.13. The van der Waals surface area contributed by atoms with Crippen LogP contribution in [-0.2, 0) is 4.74 Å². The number of carbonyl (C=O) groups excluding carboxylic acids is 2. The number of benzene rings is 2. The topological polar surface area (TPSA) is 52.6 Å². The summed E-state index contributed by atoms with van der Waals surface area (Å²) in [7, 11) is 0. The van der Waals surface area contributed by atoms with E-state index in [0.29, 0.717) is 18.2 Å². The van der Waals surface area contributed by atoms with E-state index in [0.717, 1.165) is 31.4 Å². The minimum atomic E-state index is -0.840. The van der Waals surface area contributed by atoms with Crippen LogP contribution in [0.3, 0.4) is 0 Å². The quantitative estimate of drug-likeness (QED) is 0.174. The Balaban J connectivity index is 1.64. The first-order chi connectivity index (χ1) is 15.5. The second kappa shape index (κ2) is 14.3. The molecular weight excluding hydrogens is 414 g/mol. The number of hydrogen-bond donors (Lipinski definition) is 0. The van der Waals surface area contributed by atoms with E-state index in [1.807, 2.05) is 0 Å². The highest BCUT2D eigenvalue weighted by Gasteiger charge is 2.13. The van der Waals surface area contributed by atoms with Crippen molar-refractivity contribution in [3.63, 3.8) is 0 Å². The summed E-state index contributed by atoms with van der Waals surface area (Å²) in [4.78, 5) is 24.2. The molecule has 0 saturated carbocycles. The number of ether oxygens (including phenoxy) is 2. The maximum absolute atomic E-state index is 13.2. The van der Waals surface area contributed by atoms with Crippen LogP contribution in [0.4, 0.5) is 8.78 Å². The van der Waals surface area contributed by atoms with Gasteiger partial charge in [0.05, 0.1) is 17.7 Å². The molecule has 0 N–H and O–H groups in total. The van der Waals surface area contributed by atoms with Crippen LogP contribution in [0.25, 0.3) is 0 Å². The molecule has 0 radical (unpaired) electrons. The fourth-order valence-electron chi connectivity index (χ4n) is 3.33. The number of carbonyl (C=O) groups is 2. The SMILES string of the molecule is CCCCCCCCCCCCOC(=O)c1ccc(C(=O)Oc2cc(F)cc(F)c2)cc1. The van der Waals surface area contributed by atoms with Crippen LogP contribution in [0, 0.1) is 11.6 Å². The average molecular weight is 447 g/mol. The Morgan fingerprint density at radius 3 is 1.69 bits per heavy atom. The summed E-state index contributed by atoms with van der Waals surface area (Å²) in [6.45, 7) is 2.59. The van der Waals surface area contributed by atoms with Crippen molar-refractivity contribution in [3.05, 3.63) is 65.2 Å². The molecule has 2 aromatic carbocycles. The maximum Gasteiger partial charge on any atom is 0.343 e. The largest absolute Gasteiger partial charge is 0.462 e. The zero-order valence-corrected chi connectivity index (χ0v) is 18.7. The Morgan fingerprint density at radius 1 is 0.688 bits per heavy atom. The number of hydrogen-bond acceptors (Lipinski definition) is 4. The van der Waals surface area contributed by atoms with Gasteiger partial charge in [0, 0.05) is 18.2 Å². The summed E-state index contributed by atoms with van der Waals surface area (Å²) in [6, 6.07) is 8.27. The molecule has 0 aromatic heterocycles. The predicted octanol–water partition coefficient (Wildman–Crippen LogP) is 7.26. The van der Waals surface area contributed by atoms with E-state index in [-0.39, 0.29) is 11.3 Å². The van der Waals surface area contributed by atoms with Crippen molar-refractivity contribution < 1.29 is 27.8 Å². The highest BCUT2D eigenvalue weighted by atomic mass is 19.1. The second-order valence-electron chi connectivity index (χ2n) is 7.89. The zero-order valence-electron chi connectivity index (χ0n) is 18.7. The van der Waals surface area contributed by atoms with Crippen molar-refractivity contribution in [2.45, 2.75) is 71.1 Å². The van der Waals surface area contributed by atoms with Crippen LogP contribution < -0.4 is 4.74 Å². The van der Waals surface area contributed by atoms with Gasteiger partial charge in [0.2, 0.25) is 0 Å². The fraction of sp³-hybridized carbons (Fsp3) is 0.462. The number of unbranched alkanes of at least 4 members (excludes halogenated alkanes) is 9. The Bertz CT molecular complexity index is 829. The molecule has 0 aliphatic rings. The van der Waals surface area contributed by atoms with Crippen LogP contribution in [0.2, 0.25) is 0 Å². The van der Waals surface area contributed by atoms with E-state index in [4.69, 9.17) is 9.47 Å². The second-order valence-corrected chi connectivity index (χ2v) is 7.89. The molecule has 174 valence electrons. The number of halogens is 2. The van der Waals surface area contributed by atoms with Crippen LogP contribution in [0.1, 0.15) is 91.8 Å². The lowest BCUT2D eigenvalue weighted by Crippen LogP contribution is -2.10. The van der Waals surface area contributed by atoms with Crippen molar-refractivity contribution in [1.29, 1.82) is 0 Å². The first kappa shape index (κ1) is 25.5. The van der Waals surface area contributed by atoms with Crippen LogP contribution in [0.5, 0.6) is 5.75 Å². The zero-order chi connectivity index (χ0) is 23.2. The predicted molar refractivity (Wildman–Crippen MR) is 120 cm³/mol. The van der Waals surface area contributed by atoms with E-state index >= 15 is 0 Å². The third-order valence-corrected chi connectivity index (χ3v) is 5.13. The molecule has 0 aliphatic carbocycles. The van der Waals surface area contributed by atoms with Gasteiger partial charge in [0.15, 0.2) is 0 Å². The normalized spacial score (nSPS) is 10.7. The molecule has 2 aromatic rings. The van der Waals surface area contributed by atoms with Gasteiger partial charge in [-0.25, -0.2) is 18.4 Å². The monoisotopic (exact) mass is 446 g/mol. The Hall–Kier alpha value is -2.76. The van der Waals surface area contributed by atoms with E-state index < -0.39 is 23.6 Å². The summed E-state index contributed by atoms with van der Waals surface area (Å²) in [5.41, 5.74) is 0.478. The van der Waals surface area contributed by atoms with Gasteiger partial charge in [0.1, 0.15) is 17.4 Å². The first-order valence-electron chi connectivity index (χ1n) is 11.4. The van der Waals surface area contributed by atoms with Crippen LogP contribution >= 0.6 is 0 Å². The fourth-order valence-corrected chi connectivity index (χ4v) is 3.33. The Kier molecular flexibility index (Phi) is 11.4. The summed E-state index contributed by atoms with van der Waals surface area (Å²) < 4.78 is 36.6. The van der Waals surface area contributed by atoms with E-state index in [2.05, 4.69) is 6.92 Å². The molecule has 4 nitrogen and oxygen atoms in total. The summed E-state index contributed by atoms with van der Waals surface area (Å²) in [5, 5.41) is 0. The van der Waals surface area contributed by atoms with Crippen molar-refractivity contribution in [3.8, 4) is 5.75 Å². The first-order valence-corrected chi connectivity index (χ1v) is 11.4. The van der Waals surface area contributed by atoms with Gasteiger partial charge in [-0.15, -0.1) is 0 Å². The maximum atomic E-state index is 13.2. The summed E-state index contributed by atoms with van der Waals surface area (Å²) in [6.07, 6.45) is 12.1. The van der Waals surface area contributed by atoms with Crippen molar-refractivity contribution >= 4 is 11.9 Å². The minimum absolute atomic E-state index is 0.154. The molecule has 0 amide bonds. The van der Waals surface area contributed by atoms with Crippen molar-refractivity contribution in [2.24, 2.45) is 0 Å². The van der Waals surface area contributed by atoms with Crippen LogP contribution in [-0.4, -0.2) is 18.5 Å². The van der Waals surface area contributed by atoms with Gasteiger partial charge in [-0.05, 0) is 30.7 Å². The smallest absolute Gasteiger partial charge is 0.343 e. The van der Waals surface area contributed by atoms with Crippen molar-refractivity contribution in [1.82, 2.24) is 0 Å². The van der Waals surface area contributed by atoms with Gasteiger partial charge in [-0.2, -0.15) is 0 Å². The molecule has 0 saturated heterocycles. The average Bonchev–Trinajstić information content (AvgIpc) is 2.76. The summed E-state index contributed by atoms with van der Waals surface area (Å²) >= 11 is 0. The lowest BCUT2D eigenvalue weighted by molar-refractivity contribution is 0.0497. The molecule has 0 aliphatic heterocycles. The molecule has 0 fully saturated rings. The molecule has 0 unspecified atom stereocenters. The molecule has 0 atom stereocenters. The molecule has 32 heavy (non-hydrogen) atoms. The lowest BCUT2D eigenvalue weighted by atomic mass is 10.1. The number of esters is 2. The van der Waals surface area contributed by atoms with Crippen LogP contribution in [0.15, 0.2) is 42.5 Å². The number of rotatable bonds is 14. The standard InChI is InChI=1S/C26H32F2O4/c1-2-3-4-5-6-7-8-9-10-11-16-31-25(29)20-12-14-21(15-13-20)26(30)32-24-18-22(27)17-23(28)19-24/h12-15,17-19H,2-11,16H2,1H3. The van der Waals surface area contributed by atoms with Crippen molar-refractivity contribution in [2.75, 3.05) is 6.61 Å². The van der Waals surface area contributed by atoms with Gasteiger partial charge < -0.3 is 9.47 Å². The minimum Gasteiger partial charge on any atom is -0.462 e. The molecule has 2 rings (SSSR count). The molecular formula is C26H32F2O4. The van der Waals surface area contributed by atoms with Gasteiger partial charge in [-0.1, -0.05) is 64.7 Å². The highest BCUT2D eigenvalue weighted by molar-refractivity contribution is 5.94. The summed E-state index contributed by atoms with van der Waals surface area (Å²) in [5.74, 6) is -3.14. The molecule has 0 spiro atoms. The van der Waals surface area contributed by atoms with Gasteiger partial charge >= 0.3 is 11.9 Å². The van der Waals surface area contributed by atoms with E-state index in [1.165, 1.54) is 69.2 Å². The van der Waals surface area contributed by atoms with E-state index in [9.17, 15) is 18.4 Å². The molecule has 0 bridgehead atoms. The molecule has 0 heterocycles. The molecule has 6 heteroatoms. The third kappa shape index (κ3) is 9.58. The van der Waals surface area contributed by atoms with Gasteiger partial charge in [-0.3, -0.25) is 0 Å². The van der Waals surface area contributed by atoms with Gasteiger partial charge in [0.25, 0.3) is 0 Å². The lowest BCUT2D eigenvalue weighted by Gasteiger charge is -2.07. The Morgan fingerprint density at radius 2 is 1.16 bits per heavy atom.